The third-order valence-corrected chi connectivity index (χ3v) is 5.87. The zero-order valence-electron chi connectivity index (χ0n) is 21.3. The van der Waals surface area contributed by atoms with Crippen LogP contribution in [-0.2, 0) is 0 Å². The zero-order chi connectivity index (χ0) is 24.8. The van der Waals surface area contributed by atoms with E-state index < -0.39 is 0 Å². The number of rotatable bonds is 8. The first-order valence-corrected chi connectivity index (χ1v) is 11.8. The molecule has 0 atom stereocenters. The van der Waals surface area contributed by atoms with Crippen molar-refractivity contribution in [2.24, 2.45) is 9.98 Å². The highest BCUT2D eigenvalue weighted by atomic mass is 14.8. The van der Waals surface area contributed by atoms with Crippen molar-refractivity contribution in [1.82, 2.24) is 4.98 Å². The second-order valence-electron chi connectivity index (χ2n) is 9.12. The Kier molecular flexibility index (Phi) is 8.12. The minimum atomic E-state index is 0.332. The molecule has 0 radical (unpaired) electrons. The van der Waals surface area contributed by atoms with Crippen LogP contribution in [0.1, 0.15) is 87.0 Å². The van der Waals surface area contributed by atoms with Crippen LogP contribution in [0.3, 0.4) is 0 Å². The lowest BCUT2D eigenvalue weighted by molar-refractivity contribution is 0.833. The first-order chi connectivity index (χ1) is 16.2. The van der Waals surface area contributed by atoms with Gasteiger partial charge in [-0.15, -0.1) is 0 Å². The second kappa shape index (κ2) is 11.0. The number of pyridine rings is 1. The van der Waals surface area contributed by atoms with Gasteiger partial charge in [-0.2, -0.15) is 0 Å². The molecule has 0 unspecified atom stereocenters. The largest absolute Gasteiger partial charge is 0.251 e. The summed E-state index contributed by atoms with van der Waals surface area (Å²) in [5, 5.41) is 0. The van der Waals surface area contributed by atoms with E-state index in [1.54, 1.807) is 0 Å². The average molecular weight is 450 g/mol. The van der Waals surface area contributed by atoms with Crippen molar-refractivity contribution < 1.29 is 0 Å². The van der Waals surface area contributed by atoms with Gasteiger partial charge in [0, 0.05) is 0 Å². The van der Waals surface area contributed by atoms with Crippen molar-refractivity contribution in [3.8, 4) is 0 Å². The number of benzene rings is 2. The first kappa shape index (κ1) is 25.0. The minimum absolute atomic E-state index is 0.332. The highest BCUT2D eigenvalue weighted by Crippen LogP contribution is 2.38. The summed E-state index contributed by atoms with van der Waals surface area (Å²) in [5.41, 5.74) is 10.0. The molecule has 34 heavy (non-hydrogen) atoms. The van der Waals surface area contributed by atoms with Crippen LogP contribution in [0.25, 0.3) is 12.2 Å². The lowest BCUT2D eigenvalue weighted by Crippen LogP contribution is -2.06. The smallest absolute Gasteiger partial charge is 0.0849 e. The highest BCUT2D eigenvalue weighted by molar-refractivity contribution is 6.02. The van der Waals surface area contributed by atoms with Crippen LogP contribution in [0.4, 0.5) is 11.4 Å². The molecular formula is C31H35N3. The maximum atomic E-state index is 5.14. The summed E-state index contributed by atoms with van der Waals surface area (Å²) in [6.45, 7) is 20.7. The second-order valence-corrected chi connectivity index (χ2v) is 9.12. The summed E-state index contributed by atoms with van der Waals surface area (Å²) in [7, 11) is 0. The quantitative estimate of drug-likeness (QED) is 0.316. The van der Waals surface area contributed by atoms with Gasteiger partial charge in [-0.1, -0.05) is 83.3 Å². The number of aliphatic imine (C=N–C) groups is 2. The minimum Gasteiger partial charge on any atom is -0.251 e. The van der Waals surface area contributed by atoms with Crippen LogP contribution in [-0.4, -0.2) is 16.4 Å². The lowest BCUT2D eigenvalue weighted by Gasteiger charge is -2.20. The van der Waals surface area contributed by atoms with Crippen LogP contribution >= 0.6 is 0 Å². The van der Waals surface area contributed by atoms with E-state index in [1.807, 2.05) is 68.5 Å². The fourth-order valence-corrected chi connectivity index (χ4v) is 4.05. The molecule has 174 valence electrons. The summed E-state index contributed by atoms with van der Waals surface area (Å²) in [4.78, 5) is 14.8. The Morgan fingerprint density at radius 2 is 1.44 bits per heavy atom. The lowest BCUT2D eigenvalue weighted by atomic mass is 9.89. The molecule has 0 aliphatic rings. The Morgan fingerprint density at radius 1 is 0.794 bits per heavy atom. The van der Waals surface area contributed by atoms with E-state index in [2.05, 4.69) is 53.0 Å². The number of hydrogen-bond acceptors (Lipinski definition) is 3. The third-order valence-electron chi connectivity index (χ3n) is 5.87. The molecule has 2 aromatic carbocycles. The molecule has 0 bridgehead atoms. The predicted molar refractivity (Wildman–Crippen MR) is 149 cm³/mol. The van der Waals surface area contributed by atoms with E-state index in [0.717, 1.165) is 45.3 Å². The fraction of sp³-hybridized carbons (Fsp3) is 0.258. The summed E-state index contributed by atoms with van der Waals surface area (Å²) >= 11 is 0. The van der Waals surface area contributed by atoms with E-state index in [1.165, 1.54) is 11.1 Å². The molecule has 1 heterocycles. The fourth-order valence-electron chi connectivity index (χ4n) is 4.05. The molecule has 0 amide bonds. The van der Waals surface area contributed by atoms with Crippen molar-refractivity contribution in [2.75, 3.05) is 0 Å². The molecule has 3 heteroatoms. The van der Waals surface area contributed by atoms with Crippen LogP contribution in [0, 0.1) is 0 Å². The Balaban J connectivity index is 2.07. The molecule has 0 spiro atoms. The van der Waals surface area contributed by atoms with Gasteiger partial charge in [-0.05, 0) is 72.2 Å². The van der Waals surface area contributed by atoms with Crippen molar-refractivity contribution in [3.05, 3.63) is 101 Å². The van der Waals surface area contributed by atoms with E-state index in [4.69, 9.17) is 15.0 Å². The molecule has 3 aromatic rings. The molecule has 0 N–H and O–H groups in total. The Labute approximate surface area is 204 Å². The normalized spacial score (nSPS) is 12.4. The van der Waals surface area contributed by atoms with Gasteiger partial charge in [0.2, 0.25) is 0 Å². The van der Waals surface area contributed by atoms with Gasteiger partial charge in [0.25, 0.3) is 0 Å². The van der Waals surface area contributed by atoms with Crippen molar-refractivity contribution in [3.63, 3.8) is 0 Å². The van der Waals surface area contributed by atoms with Gasteiger partial charge < -0.3 is 0 Å². The van der Waals surface area contributed by atoms with E-state index in [0.29, 0.717) is 11.8 Å². The molecule has 3 rings (SSSR count). The van der Waals surface area contributed by atoms with E-state index >= 15 is 0 Å². The number of nitrogens with zero attached hydrogens (tertiary/aromatic N) is 3. The summed E-state index contributed by atoms with van der Waals surface area (Å²) in [6, 6.07) is 18.4. The standard InChI is InChI=1S/C31H35N3/c1-9-24-13-11-14-26(19-24)32-22(7)28-15-12-16-29(34-28)23(8)33-31-27(20(3)4)18-17-25(10-2)30(31)21(5)6/h9-21H,1-2H2,3-8H3. The zero-order valence-corrected chi connectivity index (χ0v) is 21.3. The predicted octanol–water partition coefficient (Wildman–Crippen LogP) is 8.90. The van der Waals surface area contributed by atoms with Gasteiger partial charge in [-0.3, -0.25) is 9.98 Å². The maximum Gasteiger partial charge on any atom is 0.0849 e. The summed E-state index contributed by atoms with van der Waals surface area (Å²) in [6.07, 6.45) is 3.75. The van der Waals surface area contributed by atoms with Gasteiger partial charge in [0.15, 0.2) is 0 Å². The number of hydrogen-bond donors (Lipinski definition) is 0. The van der Waals surface area contributed by atoms with Crippen molar-refractivity contribution in [2.45, 2.75) is 53.4 Å². The Bertz CT molecular complexity index is 1260. The van der Waals surface area contributed by atoms with Crippen molar-refractivity contribution in [1.29, 1.82) is 0 Å². The molecule has 0 aliphatic heterocycles. The van der Waals surface area contributed by atoms with Gasteiger partial charge in [0.05, 0.1) is 34.2 Å². The van der Waals surface area contributed by atoms with E-state index in [9.17, 15) is 0 Å². The summed E-state index contributed by atoms with van der Waals surface area (Å²) in [5.74, 6) is 0.696. The molecule has 1 aromatic heterocycles. The van der Waals surface area contributed by atoms with Crippen LogP contribution in [0.5, 0.6) is 0 Å². The Hall–Kier alpha value is -3.59. The molecule has 0 saturated heterocycles. The molecule has 0 aliphatic carbocycles. The van der Waals surface area contributed by atoms with Crippen molar-refractivity contribution >= 4 is 35.0 Å². The molecular weight excluding hydrogens is 414 g/mol. The molecule has 0 fully saturated rings. The third kappa shape index (κ3) is 5.66. The first-order valence-electron chi connectivity index (χ1n) is 11.8. The van der Waals surface area contributed by atoms with Crippen LogP contribution in [0.2, 0.25) is 0 Å². The van der Waals surface area contributed by atoms with Gasteiger partial charge in [-0.25, -0.2) is 4.98 Å². The summed E-state index contributed by atoms with van der Waals surface area (Å²) < 4.78 is 0. The maximum absolute atomic E-state index is 5.14. The average Bonchev–Trinajstić information content (AvgIpc) is 2.83. The monoisotopic (exact) mass is 449 g/mol. The molecule has 0 saturated carbocycles. The molecule has 3 nitrogen and oxygen atoms in total. The SMILES string of the molecule is C=Cc1cccc(N=C(C)c2cccc(C(C)=Nc3c(C(C)C)ccc(C=C)c3C(C)C)n2)c1. The van der Waals surface area contributed by atoms with E-state index in [-0.39, 0.29) is 0 Å². The van der Waals surface area contributed by atoms with Crippen LogP contribution < -0.4 is 0 Å². The number of aromatic nitrogens is 1. The van der Waals surface area contributed by atoms with Gasteiger partial charge >= 0.3 is 0 Å². The van der Waals surface area contributed by atoms with Gasteiger partial charge in [0.1, 0.15) is 0 Å². The highest BCUT2D eigenvalue weighted by Gasteiger charge is 2.17. The topological polar surface area (TPSA) is 37.6 Å². The van der Waals surface area contributed by atoms with Crippen LogP contribution in [0.15, 0.2) is 77.7 Å². The Morgan fingerprint density at radius 3 is 2.03 bits per heavy atom.